The normalized spacial score (nSPS) is 14.4. The molecular formula is C12H19N3O2. The molecule has 17 heavy (non-hydrogen) atoms. The highest BCUT2D eigenvalue weighted by Gasteiger charge is 2.21. The van der Waals surface area contributed by atoms with Crippen LogP contribution in [0.4, 0.5) is 0 Å². The van der Waals surface area contributed by atoms with Crippen LogP contribution in [0.5, 0.6) is 0 Å². The summed E-state index contributed by atoms with van der Waals surface area (Å²) in [5.74, 6) is 4.74. The van der Waals surface area contributed by atoms with Crippen LogP contribution in [0.15, 0.2) is 30.3 Å². The first-order valence-corrected chi connectivity index (χ1v) is 5.49. The number of hydrazine groups is 1. The number of rotatable bonds is 5. The zero-order valence-electron chi connectivity index (χ0n) is 10.1. The van der Waals surface area contributed by atoms with Crippen molar-refractivity contribution in [3.63, 3.8) is 0 Å². The average Bonchev–Trinajstić information content (AvgIpc) is 2.37. The van der Waals surface area contributed by atoms with E-state index < -0.39 is 6.10 Å². The molecule has 0 spiro atoms. The predicted molar refractivity (Wildman–Crippen MR) is 65.8 cm³/mol. The lowest BCUT2D eigenvalue weighted by Crippen LogP contribution is -2.43. The summed E-state index contributed by atoms with van der Waals surface area (Å²) >= 11 is 0. The van der Waals surface area contributed by atoms with Crippen molar-refractivity contribution in [1.29, 1.82) is 0 Å². The van der Waals surface area contributed by atoms with E-state index in [9.17, 15) is 9.90 Å². The third-order valence-electron chi connectivity index (χ3n) is 2.85. The quantitative estimate of drug-likeness (QED) is 0.383. The number of benzene rings is 1. The Bertz CT molecular complexity index is 356. The number of aliphatic hydroxyl groups excluding tert-OH is 1. The molecule has 0 fully saturated rings. The predicted octanol–water partition coefficient (Wildman–Crippen LogP) is 0.0302. The smallest absolute Gasteiger partial charge is 0.248 e. The number of carbonyl (C=O) groups is 1. The molecule has 1 amide bonds. The Morgan fingerprint density at radius 1 is 1.47 bits per heavy atom. The number of nitrogens with zero attached hydrogens (tertiary/aromatic N) is 1. The molecule has 4 N–H and O–H groups in total. The van der Waals surface area contributed by atoms with Gasteiger partial charge in [-0.05, 0) is 19.5 Å². The van der Waals surface area contributed by atoms with E-state index in [1.54, 1.807) is 11.9 Å². The topological polar surface area (TPSA) is 78.6 Å². The second kappa shape index (κ2) is 6.34. The summed E-state index contributed by atoms with van der Waals surface area (Å²) in [5, 5.41) is 10.1. The van der Waals surface area contributed by atoms with E-state index in [0.29, 0.717) is 0 Å². The van der Waals surface area contributed by atoms with Crippen molar-refractivity contribution in [1.82, 2.24) is 10.3 Å². The van der Waals surface area contributed by atoms with Gasteiger partial charge in [-0.2, -0.15) is 0 Å². The van der Waals surface area contributed by atoms with E-state index in [0.717, 1.165) is 5.56 Å². The third-order valence-corrected chi connectivity index (χ3v) is 2.85. The minimum atomic E-state index is -0.633. The van der Waals surface area contributed by atoms with Crippen molar-refractivity contribution in [2.45, 2.75) is 19.1 Å². The van der Waals surface area contributed by atoms with E-state index in [-0.39, 0.29) is 18.5 Å². The van der Waals surface area contributed by atoms with E-state index in [4.69, 9.17) is 5.84 Å². The van der Waals surface area contributed by atoms with Gasteiger partial charge in [-0.1, -0.05) is 30.3 Å². The molecule has 0 saturated carbocycles. The Balaban J connectivity index is 2.63. The van der Waals surface area contributed by atoms with Crippen molar-refractivity contribution in [3.05, 3.63) is 35.9 Å². The second-order valence-electron chi connectivity index (χ2n) is 4.08. The molecule has 0 aliphatic rings. The van der Waals surface area contributed by atoms with Gasteiger partial charge in [0, 0.05) is 6.04 Å². The second-order valence-corrected chi connectivity index (χ2v) is 4.08. The van der Waals surface area contributed by atoms with Gasteiger partial charge in [-0.15, -0.1) is 0 Å². The van der Waals surface area contributed by atoms with Crippen LogP contribution in [0.2, 0.25) is 0 Å². The fourth-order valence-electron chi connectivity index (χ4n) is 1.59. The maximum absolute atomic E-state index is 11.1. The molecule has 0 bridgehead atoms. The summed E-state index contributed by atoms with van der Waals surface area (Å²) in [4.78, 5) is 12.9. The van der Waals surface area contributed by atoms with E-state index in [1.807, 2.05) is 37.3 Å². The van der Waals surface area contributed by atoms with Gasteiger partial charge in [0.15, 0.2) is 0 Å². The van der Waals surface area contributed by atoms with E-state index >= 15 is 0 Å². The Kier molecular flexibility index (Phi) is 5.09. The monoisotopic (exact) mass is 237 g/mol. The van der Waals surface area contributed by atoms with Gasteiger partial charge >= 0.3 is 0 Å². The van der Waals surface area contributed by atoms with Gasteiger partial charge in [0.2, 0.25) is 5.91 Å². The molecule has 1 aromatic rings. The van der Waals surface area contributed by atoms with Gasteiger partial charge in [-0.3, -0.25) is 15.1 Å². The lowest BCUT2D eigenvalue weighted by Gasteiger charge is -2.28. The summed E-state index contributed by atoms with van der Waals surface area (Å²) in [5.41, 5.74) is 2.90. The van der Waals surface area contributed by atoms with Crippen LogP contribution in [0.25, 0.3) is 0 Å². The van der Waals surface area contributed by atoms with Gasteiger partial charge in [-0.25, -0.2) is 5.84 Å². The Morgan fingerprint density at radius 2 is 2.06 bits per heavy atom. The minimum absolute atomic E-state index is 0.154. The first-order valence-electron chi connectivity index (χ1n) is 5.49. The summed E-state index contributed by atoms with van der Waals surface area (Å²) in [6.45, 7) is 2.02. The molecule has 1 rings (SSSR count). The molecular weight excluding hydrogens is 218 g/mol. The number of likely N-dealkylation sites (N-methyl/N-ethyl adjacent to an activating group) is 1. The molecule has 5 heteroatoms. The molecule has 94 valence electrons. The van der Waals surface area contributed by atoms with Gasteiger partial charge in [0.25, 0.3) is 0 Å². The van der Waals surface area contributed by atoms with Crippen molar-refractivity contribution < 1.29 is 9.90 Å². The molecule has 0 aliphatic heterocycles. The third kappa shape index (κ3) is 3.81. The van der Waals surface area contributed by atoms with Gasteiger partial charge in [0.05, 0.1) is 12.6 Å². The fraction of sp³-hybridized carbons (Fsp3) is 0.417. The first-order chi connectivity index (χ1) is 8.06. The largest absolute Gasteiger partial charge is 0.387 e. The highest BCUT2D eigenvalue weighted by Crippen LogP contribution is 2.19. The number of carbonyl (C=O) groups excluding carboxylic acids is 1. The lowest BCUT2D eigenvalue weighted by molar-refractivity contribution is -0.122. The number of nitrogens with one attached hydrogen (secondary N) is 1. The Morgan fingerprint density at radius 3 is 2.59 bits per heavy atom. The summed E-state index contributed by atoms with van der Waals surface area (Å²) in [7, 11) is 1.77. The Labute approximate surface area is 101 Å². The molecule has 2 atom stereocenters. The summed E-state index contributed by atoms with van der Waals surface area (Å²) in [6, 6.07) is 9.19. The first kappa shape index (κ1) is 13.6. The van der Waals surface area contributed by atoms with Crippen LogP contribution in [0.1, 0.15) is 18.6 Å². The number of hydrogen-bond acceptors (Lipinski definition) is 4. The van der Waals surface area contributed by atoms with E-state index in [1.165, 1.54) is 0 Å². The average molecular weight is 237 g/mol. The van der Waals surface area contributed by atoms with Crippen LogP contribution in [-0.4, -0.2) is 35.5 Å². The summed E-state index contributed by atoms with van der Waals surface area (Å²) < 4.78 is 0. The minimum Gasteiger partial charge on any atom is -0.387 e. The van der Waals surface area contributed by atoms with Crippen LogP contribution < -0.4 is 11.3 Å². The zero-order chi connectivity index (χ0) is 12.8. The number of hydrogen-bond donors (Lipinski definition) is 3. The Hall–Kier alpha value is -1.43. The van der Waals surface area contributed by atoms with Crippen LogP contribution in [-0.2, 0) is 4.79 Å². The summed E-state index contributed by atoms with van der Waals surface area (Å²) in [6.07, 6.45) is -0.633. The van der Waals surface area contributed by atoms with Crippen LogP contribution >= 0.6 is 0 Å². The van der Waals surface area contributed by atoms with Crippen LogP contribution in [0.3, 0.4) is 0 Å². The van der Waals surface area contributed by atoms with Crippen molar-refractivity contribution in [3.8, 4) is 0 Å². The number of nitrogens with two attached hydrogens (primary N) is 1. The number of amides is 1. The van der Waals surface area contributed by atoms with Crippen LogP contribution in [0, 0.1) is 0 Å². The van der Waals surface area contributed by atoms with Gasteiger partial charge < -0.3 is 5.11 Å². The molecule has 0 aromatic heterocycles. The molecule has 0 saturated heterocycles. The lowest BCUT2D eigenvalue weighted by atomic mass is 10.0. The van der Waals surface area contributed by atoms with Gasteiger partial charge in [0.1, 0.15) is 0 Å². The van der Waals surface area contributed by atoms with E-state index in [2.05, 4.69) is 5.43 Å². The molecule has 1 aromatic carbocycles. The molecule has 5 nitrogen and oxygen atoms in total. The maximum atomic E-state index is 11.1. The molecule has 0 heterocycles. The SMILES string of the molecule is C[C@@H]([C@@H](O)c1ccccc1)N(C)CC(=O)NN. The zero-order valence-corrected chi connectivity index (χ0v) is 10.1. The maximum Gasteiger partial charge on any atom is 0.248 e. The van der Waals surface area contributed by atoms with Crippen molar-refractivity contribution in [2.75, 3.05) is 13.6 Å². The standard InChI is InChI=1S/C12H19N3O2/c1-9(15(2)8-11(16)14-13)12(17)10-6-4-3-5-7-10/h3-7,9,12,17H,8,13H2,1-2H3,(H,14,16)/t9-,12+/m0/s1. The van der Waals surface area contributed by atoms with Crippen molar-refractivity contribution in [2.24, 2.45) is 5.84 Å². The highest BCUT2D eigenvalue weighted by atomic mass is 16.3. The fourth-order valence-corrected chi connectivity index (χ4v) is 1.59. The highest BCUT2D eigenvalue weighted by molar-refractivity contribution is 5.77. The molecule has 0 aliphatic carbocycles. The van der Waals surface area contributed by atoms with Crippen molar-refractivity contribution >= 4 is 5.91 Å². The number of aliphatic hydroxyl groups is 1. The molecule has 0 radical (unpaired) electrons. The molecule has 0 unspecified atom stereocenters.